The van der Waals surface area contributed by atoms with E-state index in [0.29, 0.717) is 24.4 Å². The molecule has 4 aliphatic heterocycles. The highest BCUT2D eigenvalue weighted by Crippen LogP contribution is 2.52. The Balaban J connectivity index is 0.780. The van der Waals surface area contributed by atoms with Crippen LogP contribution in [-0.4, -0.2) is 94.6 Å². The fourth-order valence-corrected chi connectivity index (χ4v) is 11.0. The molecule has 5 aliphatic rings. The van der Waals surface area contributed by atoms with Crippen molar-refractivity contribution >= 4 is 78.3 Å². The maximum absolute atomic E-state index is 13.5. The average Bonchev–Trinajstić information content (AvgIpc) is 3.62. The van der Waals surface area contributed by atoms with Crippen molar-refractivity contribution in [2.24, 2.45) is 12.5 Å². The Morgan fingerprint density at radius 2 is 1.70 bits per heavy atom. The highest BCUT2D eigenvalue weighted by Gasteiger charge is 2.48. The first kappa shape index (κ1) is 33.6. The molecule has 10 rings (SSSR count). The minimum atomic E-state index is -0.683. The number of imide groups is 1. The van der Waals surface area contributed by atoms with Gasteiger partial charge < -0.3 is 20.4 Å². The number of amides is 3. The van der Waals surface area contributed by atoms with Gasteiger partial charge in [-0.1, -0.05) is 6.07 Å². The third kappa shape index (κ3) is 5.31. The molecule has 4 fully saturated rings. The molecule has 2 aromatic carbocycles. The maximum atomic E-state index is 13.5. The van der Waals surface area contributed by atoms with E-state index in [-0.39, 0.29) is 30.0 Å². The molecule has 3 saturated heterocycles. The molecule has 3 amide bonds. The number of carbonyl (C=O) groups is 3. The number of thiophene rings is 1. The van der Waals surface area contributed by atoms with Gasteiger partial charge in [-0.25, -0.2) is 9.78 Å². The van der Waals surface area contributed by atoms with Crippen LogP contribution in [0.25, 0.3) is 32.0 Å². The van der Waals surface area contributed by atoms with Gasteiger partial charge in [-0.3, -0.25) is 33.7 Å². The van der Waals surface area contributed by atoms with E-state index >= 15 is 0 Å². The highest BCUT2D eigenvalue weighted by molar-refractivity contribution is 7.21. The number of piperidine rings is 2. The lowest BCUT2D eigenvalue weighted by Gasteiger charge is -2.56. The molecule has 7 heterocycles. The molecule has 0 bridgehead atoms. The lowest BCUT2D eigenvalue weighted by molar-refractivity contribution is -0.135. The van der Waals surface area contributed by atoms with E-state index in [1.165, 1.54) is 12.8 Å². The molecule has 1 unspecified atom stereocenters. The largest absolute Gasteiger partial charge is 0.381 e. The summed E-state index contributed by atoms with van der Waals surface area (Å²) < 4.78 is 4.34. The van der Waals surface area contributed by atoms with Crippen molar-refractivity contribution in [2.75, 3.05) is 60.9 Å². The van der Waals surface area contributed by atoms with E-state index in [1.807, 2.05) is 19.1 Å². The van der Waals surface area contributed by atoms with Crippen LogP contribution in [0.3, 0.4) is 0 Å². The van der Waals surface area contributed by atoms with E-state index in [4.69, 9.17) is 4.98 Å². The Labute approximate surface area is 316 Å². The molecule has 5 aromatic rings. The fourth-order valence-electron chi connectivity index (χ4n) is 9.94. The van der Waals surface area contributed by atoms with Crippen LogP contribution in [0.5, 0.6) is 0 Å². The maximum Gasteiger partial charge on any atom is 0.329 e. The van der Waals surface area contributed by atoms with E-state index in [9.17, 15) is 19.2 Å². The van der Waals surface area contributed by atoms with Crippen molar-refractivity contribution in [3.8, 4) is 0 Å². The second kappa shape index (κ2) is 12.6. The van der Waals surface area contributed by atoms with Gasteiger partial charge in [0, 0.05) is 86.8 Å². The summed E-state index contributed by atoms with van der Waals surface area (Å²) in [4.78, 5) is 64.2. The number of aromatic nitrogens is 3. The van der Waals surface area contributed by atoms with Gasteiger partial charge in [-0.15, -0.1) is 11.3 Å². The number of nitrogens with zero attached hydrogens (tertiary/aromatic N) is 6. The minimum absolute atomic E-state index is 0.00873. The van der Waals surface area contributed by atoms with Crippen LogP contribution in [0.2, 0.25) is 0 Å². The van der Waals surface area contributed by atoms with Crippen LogP contribution in [0.15, 0.2) is 47.3 Å². The third-order valence-corrected chi connectivity index (χ3v) is 14.1. The average molecular weight is 748 g/mol. The first-order valence-electron chi connectivity index (χ1n) is 19.3. The van der Waals surface area contributed by atoms with Crippen LogP contribution >= 0.6 is 11.3 Å². The summed E-state index contributed by atoms with van der Waals surface area (Å²) in [5.74, 6) is 0.314. The van der Waals surface area contributed by atoms with E-state index in [0.717, 1.165) is 106 Å². The zero-order chi connectivity index (χ0) is 36.9. The number of benzene rings is 2. The van der Waals surface area contributed by atoms with Gasteiger partial charge >= 0.3 is 5.69 Å². The fraction of sp³-hybridized carbons (Fsp3) is 0.475. The first-order chi connectivity index (χ1) is 26.2. The Kier molecular flexibility index (Phi) is 7.81. The topological polar surface area (TPSA) is 137 Å². The Hall–Kier alpha value is -4.95. The van der Waals surface area contributed by atoms with Crippen LogP contribution in [-0.2, 0) is 16.6 Å². The van der Waals surface area contributed by atoms with Gasteiger partial charge in [-0.2, -0.15) is 0 Å². The van der Waals surface area contributed by atoms with Crippen molar-refractivity contribution in [1.29, 1.82) is 0 Å². The summed E-state index contributed by atoms with van der Waals surface area (Å²) in [6.07, 6.45) is 5.28. The minimum Gasteiger partial charge on any atom is -0.381 e. The second-order valence-electron chi connectivity index (χ2n) is 16.1. The van der Waals surface area contributed by atoms with Gasteiger partial charge in [0.05, 0.1) is 27.9 Å². The van der Waals surface area contributed by atoms with Crippen molar-refractivity contribution in [2.45, 2.75) is 63.6 Å². The molecule has 3 aromatic heterocycles. The summed E-state index contributed by atoms with van der Waals surface area (Å²) >= 11 is 1.54. The number of para-hydroxylation sites is 1. The third-order valence-electron chi connectivity index (χ3n) is 12.9. The SMILES string of the molecule is C[C@@H]1CNc2c(sc3ccc4nc(N5CCN(C6CC7(CCN(c8cccc9c8n(C)c(=O)n9C8CCC(=O)NC8=O)CC7)C6)CC5)ccc4c23)C(=O)N1. The zero-order valence-corrected chi connectivity index (χ0v) is 31.5. The van der Waals surface area contributed by atoms with Crippen LogP contribution in [0.4, 0.5) is 17.2 Å². The Morgan fingerprint density at radius 3 is 2.48 bits per heavy atom. The number of imidazole rings is 1. The van der Waals surface area contributed by atoms with E-state index in [1.54, 1.807) is 27.5 Å². The Morgan fingerprint density at radius 1 is 0.907 bits per heavy atom. The number of pyridine rings is 1. The number of hydrogen-bond donors (Lipinski definition) is 3. The number of nitrogens with one attached hydrogen (secondary N) is 3. The Bertz CT molecular complexity index is 2430. The van der Waals surface area contributed by atoms with Crippen molar-refractivity contribution in [1.82, 2.24) is 29.7 Å². The predicted molar refractivity (Wildman–Crippen MR) is 212 cm³/mol. The lowest BCUT2D eigenvalue weighted by atomic mass is 9.60. The quantitative estimate of drug-likeness (QED) is 0.231. The number of piperazine rings is 1. The first-order valence-corrected chi connectivity index (χ1v) is 20.2. The molecule has 3 N–H and O–H groups in total. The molecule has 2 atom stereocenters. The summed E-state index contributed by atoms with van der Waals surface area (Å²) in [7, 11) is 1.78. The van der Waals surface area contributed by atoms with Gasteiger partial charge in [0.2, 0.25) is 11.8 Å². The molecule has 13 nitrogen and oxygen atoms in total. The van der Waals surface area contributed by atoms with Crippen LogP contribution in [0, 0.1) is 5.41 Å². The molecule has 14 heteroatoms. The predicted octanol–water partition coefficient (Wildman–Crippen LogP) is 4.20. The molecule has 0 radical (unpaired) electrons. The van der Waals surface area contributed by atoms with Gasteiger partial charge in [-0.05, 0) is 80.8 Å². The second-order valence-corrected chi connectivity index (χ2v) is 17.2. The number of hydrogen-bond acceptors (Lipinski definition) is 10. The van der Waals surface area contributed by atoms with Crippen molar-refractivity contribution in [3.05, 3.63) is 57.8 Å². The van der Waals surface area contributed by atoms with Crippen LogP contribution < -0.4 is 31.4 Å². The summed E-state index contributed by atoms with van der Waals surface area (Å²) in [5.41, 5.74) is 4.67. The number of aryl methyl sites for hydroxylation is 1. The van der Waals surface area contributed by atoms with E-state index < -0.39 is 11.9 Å². The number of rotatable bonds is 4. The van der Waals surface area contributed by atoms with Gasteiger partial charge in [0.15, 0.2) is 0 Å². The summed E-state index contributed by atoms with van der Waals surface area (Å²) in [6.45, 7) is 8.55. The monoisotopic (exact) mass is 747 g/mol. The smallest absolute Gasteiger partial charge is 0.329 e. The van der Waals surface area contributed by atoms with Crippen molar-refractivity contribution < 1.29 is 14.4 Å². The standard InChI is InChI=1S/C40H45N9O4S/c1-23-22-41-34-33-25-6-10-31(43-26(25)7-9-30(33)54-36(34)38(52)42-23)48-18-16-46(17-19-48)24-20-40(21-24)12-14-47(15-13-40)27-4-3-5-28-35(27)45(2)39(53)49(28)29-8-11-32(50)44-37(29)51/h3-7,9-10,23-24,29,41H,8,11-22H2,1-2H3,(H,42,52)(H,44,50,51)/t23-,29?/m1/s1. The molecule has 1 spiro atoms. The summed E-state index contributed by atoms with van der Waals surface area (Å²) in [5, 5.41) is 11.2. The molecule has 280 valence electrons. The van der Waals surface area contributed by atoms with Crippen molar-refractivity contribution in [3.63, 3.8) is 0 Å². The molecular formula is C40H45N9O4S. The van der Waals surface area contributed by atoms with E-state index in [2.05, 4.69) is 61.0 Å². The normalized spacial score (nSPS) is 23.7. The molecule has 54 heavy (non-hydrogen) atoms. The number of fused-ring (bicyclic) bond motifs is 6. The van der Waals surface area contributed by atoms with Gasteiger partial charge in [0.25, 0.3) is 5.91 Å². The highest BCUT2D eigenvalue weighted by atomic mass is 32.1. The van der Waals surface area contributed by atoms with Crippen LogP contribution in [0.1, 0.15) is 61.2 Å². The molecular weight excluding hydrogens is 703 g/mol. The number of carbonyl (C=O) groups excluding carboxylic acids is 3. The zero-order valence-electron chi connectivity index (χ0n) is 30.7. The number of anilines is 3. The lowest BCUT2D eigenvalue weighted by Crippen LogP contribution is -2.59. The molecule has 1 saturated carbocycles. The van der Waals surface area contributed by atoms with Gasteiger partial charge in [0.1, 0.15) is 16.7 Å². The summed E-state index contributed by atoms with van der Waals surface area (Å²) in [6, 6.07) is 14.5. The molecule has 1 aliphatic carbocycles.